The zero-order valence-electron chi connectivity index (χ0n) is 12.4. The number of amides is 1. The number of nitrogens with one attached hydrogen (secondary N) is 1. The van der Waals surface area contributed by atoms with Gasteiger partial charge in [0.2, 0.25) is 5.91 Å². The van der Waals surface area contributed by atoms with E-state index in [-0.39, 0.29) is 11.9 Å². The van der Waals surface area contributed by atoms with Gasteiger partial charge in [-0.2, -0.15) is 0 Å². The standard InChI is InChI=1S/C15H23N3O2/c1-12(15(19)16-2)17-8-10-18(11-9-17)13-6-4-5-7-14(13)20-3/h4-7,12H,8-11H2,1-3H3,(H,16,19)/t12-/m0/s1. The molecule has 1 N–H and O–H groups in total. The molecule has 1 aromatic carbocycles. The summed E-state index contributed by atoms with van der Waals surface area (Å²) in [4.78, 5) is 16.2. The van der Waals surface area contributed by atoms with Crippen molar-refractivity contribution in [1.82, 2.24) is 10.2 Å². The number of piperazine rings is 1. The van der Waals surface area contributed by atoms with Crippen molar-refractivity contribution >= 4 is 11.6 Å². The van der Waals surface area contributed by atoms with E-state index in [0.717, 1.165) is 37.6 Å². The molecule has 1 aromatic rings. The molecule has 0 spiro atoms. The van der Waals surface area contributed by atoms with Crippen molar-refractivity contribution in [2.45, 2.75) is 13.0 Å². The summed E-state index contributed by atoms with van der Waals surface area (Å²) in [7, 11) is 3.38. The molecule has 20 heavy (non-hydrogen) atoms. The Morgan fingerprint density at radius 3 is 2.50 bits per heavy atom. The molecule has 1 aliphatic heterocycles. The van der Waals surface area contributed by atoms with E-state index in [4.69, 9.17) is 4.74 Å². The fourth-order valence-corrected chi connectivity index (χ4v) is 2.62. The summed E-state index contributed by atoms with van der Waals surface area (Å²) in [5.41, 5.74) is 1.13. The Labute approximate surface area is 120 Å². The van der Waals surface area contributed by atoms with Gasteiger partial charge in [0, 0.05) is 33.2 Å². The van der Waals surface area contributed by atoms with Crippen molar-refractivity contribution < 1.29 is 9.53 Å². The van der Waals surface area contributed by atoms with Gasteiger partial charge in [-0.05, 0) is 19.1 Å². The summed E-state index contributed by atoms with van der Waals surface area (Å²) in [6.45, 7) is 5.53. The molecule has 0 aliphatic carbocycles. The van der Waals surface area contributed by atoms with E-state index < -0.39 is 0 Å². The fraction of sp³-hybridized carbons (Fsp3) is 0.533. The van der Waals surface area contributed by atoms with Crippen molar-refractivity contribution in [2.75, 3.05) is 45.2 Å². The van der Waals surface area contributed by atoms with E-state index in [1.165, 1.54) is 0 Å². The van der Waals surface area contributed by atoms with E-state index in [0.29, 0.717) is 0 Å². The monoisotopic (exact) mass is 277 g/mol. The van der Waals surface area contributed by atoms with Crippen LogP contribution in [0.25, 0.3) is 0 Å². The van der Waals surface area contributed by atoms with Crippen LogP contribution in [-0.2, 0) is 4.79 Å². The molecule has 5 heteroatoms. The predicted octanol–water partition coefficient (Wildman–Crippen LogP) is 0.952. The van der Waals surface area contributed by atoms with Gasteiger partial charge in [-0.15, -0.1) is 0 Å². The lowest BCUT2D eigenvalue weighted by atomic mass is 10.2. The van der Waals surface area contributed by atoms with Crippen LogP contribution in [-0.4, -0.2) is 57.2 Å². The highest BCUT2D eigenvalue weighted by molar-refractivity contribution is 5.81. The van der Waals surface area contributed by atoms with Gasteiger partial charge < -0.3 is 15.0 Å². The smallest absolute Gasteiger partial charge is 0.236 e. The summed E-state index contributed by atoms with van der Waals surface area (Å²) in [6.07, 6.45) is 0. The second-order valence-electron chi connectivity index (χ2n) is 4.99. The Hall–Kier alpha value is -1.75. The minimum Gasteiger partial charge on any atom is -0.495 e. The van der Waals surface area contributed by atoms with Crippen LogP contribution in [0.4, 0.5) is 5.69 Å². The number of benzene rings is 1. The summed E-state index contributed by atoms with van der Waals surface area (Å²) >= 11 is 0. The molecule has 0 unspecified atom stereocenters. The molecule has 2 rings (SSSR count). The van der Waals surface area contributed by atoms with Gasteiger partial charge in [-0.25, -0.2) is 0 Å². The van der Waals surface area contributed by atoms with Crippen LogP contribution < -0.4 is 15.0 Å². The van der Waals surface area contributed by atoms with Crippen molar-refractivity contribution in [2.24, 2.45) is 0 Å². The normalized spacial score (nSPS) is 17.6. The number of likely N-dealkylation sites (N-methyl/N-ethyl adjacent to an activating group) is 1. The number of anilines is 1. The molecule has 5 nitrogen and oxygen atoms in total. The van der Waals surface area contributed by atoms with Crippen LogP contribution >= 0.6 is 0 Å². The van der Waals surface area contributed by atoms with E-state index in [2.05, 4.69) is 21.2 Å². The first kappa shape index (κ1) is 14.7. The Balaban J connectivity index is 1.99. The lowest BCUT2D eigenvalue weighted by Gasteiger charge is -2.38. The second-order valence-corrected chi connectivity index (χ2v) is 4.99. The minimum absolute atomic E-state index is 0.0696. The van der Waals surface area contributed by atoms with Gasteiger partial charge >= 0.3 is 0 Å². The largest absolute Gasteiger partial charge is 0.495 e. The highest BCUT2D eigenvalue weighted by Crippen LogP contribution is 2.28. The van der Waals surface area contributed by atoms with E-state index in [1.54, 1.807) is 14.2 Å². The molecule has 0 saturated carbocycles. The van der Waals surface area contributed by atoms with Crippen LogP contribution in [0.2, 0.25) is 0 Å². The molecule has 0 radical (unpaired) electrons. The summed E-state index contributed by atoms with van der Waals surface area (Å²) in [6, 6.07) is 8.00. The van der Waals surface area contributed by atoms with Crippen LogP contribution in [0.5, 0.6) is 5.75 Å². The van der Waals surface area contributed by atoms with Crippen molar-refractivity contribution in [3.05, 3.63) is 24.3 Å². The number of ether oxygens (including phenoxy) is 1. The Bertz CT molecular complexity index is 456. The molecule has 0 aromatic heterocycles. The molecule has 1 amide bonds. The number of methoxy groups -OCH3 is 1. The van der Waals surface area contributed by atoms with Crippen LogP contribution in [0.1, 0.15) is 6.92 Å². The Morgan fingerprint density at radius 2 is 1.90 bits per heavy atom. The highest BCUT2D eigenvalue weighted by atomic mass is 16.5. The van der Waals surface area contributed by atoms with E-state index >= 15 is 0 Å². The third-order valence-electron chi connectivity index (χ3n) is 3.91. The van der Waals surface area contributed by atoms with Crippen LogP contribution in [0.15, 0.2) is 24.3 Å². The Kier molecular flexibility index (Phi) is 4.84. The van der Waals surface area contributed by atoms with Gasteiger partial charge in [0.1, 0.15) is 5.75 Å². The van der Waals surface area contributed by atoms with Crippen molar-refractivity contribution in [1.29, 1.82) is 0 Å². The number of carbonyl (C=O) groups excluding carboxylic acids is 1. The number of hydrogen-bond acceptors (Lipinski definition) is 4. The molecular weight excluding hydrogens is 254 g/mol. The van der Waals surface area contributed by atoms with Gasteiger partial charge in [0.05, 0.1) is 18.8 Å². The van der Waals surface area contributed by atoms with Crippen molar-refractivity contribution in [3.8, 4) is 5.75 Å². The molecule has 1 aliphatic rings. The summed E-state index contributed by atoms with van der Waals surface area (Å²) in [5, 5.41) is 2.71. The Morgan fingerprint density at radius 1 is 1.25 bits per heavy atom. The first-order chi connectivity index (χ1) is 9.67. The highest BCUT2D eigenvalue weighted by Gasteiger charge is 2.25. The number of hydrogen-bond donors (Lipinski definition) is 1. The zero-order valence-corrected chi connectivity index (χ0v) is 12.4. The molecule has 110 valence electrons. The summed E-state index contributed by atoms with van der Waals surface area (Å²) in [5.74, 6) is 0.982. The minimum atomic E-state index is -0.0696. The third kappa shape index (κ3) is 3.04. The average Bonchev–Trinajstić information content (AvgIpc) is 2.53. The SMILES string of the molecule is CNC(=O)[C@H](C)N1CCN(c2ccccc2OC)CC1. The van der Waals surface area contributed by atoms with Crippen LogP contribution in [0.3, 0.4) is 0 Å². The fourth-order valence-electron chi connectivity index (χ4n) is 2.62. The topological polar surface area (TPSA) is 44.8 Å². The third-order valence-corrected chi connectivity index (χ3v) is 3.91. The first-order valence-electron chi connectivity index (χ1n) is 7.01. The molecule has 1 atom stereocenters. The van der Waals surface area contributed by atoms with Gasteiger partial charge in [-0.3, -0.25) is 9.69 Å². The summed E-state index contributed by atoms with van der Waals surface area (Å²) < 4.78 is 5.41. The lowest BCUT2D eigenvalue weighted by Crippen LogP contribution is -2.53. The molecule has 1 saturated heterocycles. The second kappa shape index (κ2) is 6.61. The molecular formula is C15H23N3O2. The first-order valence-corrected chi connectivity index (χ1v) is 7.01. The van der Waals surface area contributed by atoms with E-state index in [1.807, 2.05) is 25.1 Å². The number of nitrogens with zero attached hydrogens (tertiary/aromatic N) is 2. The zero-order chi connectivity index (χ0) is 14.5. The maximum absolute atomic E-state index is 11.7. The average molecular weight is 277 g/mol. The van der Waals surface area contributed by atoms with Gasteiger partial charge in [-0.1, -0.05) is 12.1 Å². The number of para-hydroxylation sites is 2. The quantitative estimate of drug-likeness (QED) is 0.890. The molecule has 0 bridgehead atoms. The lowest BCUT2D eigenvalue weighted by molar-refractivity contribution is -0.125. The molecule has 1 fully saturated rings. The van der Waals surface area contributed by atoms with Gasteiger partial charge in [0.15, 0.2) is 0 Å². The number of rotatable bonds is 4. The van der Waals surface area contributed by atoms with E-state index in [9.17, 15) is 4.79 Å². The maximum atomic E-state index is 11.7. The van der Waals surface area contributed by atoms with Gasteiger partial charge in [0.25, 0.3) is 0 Å². The van der Waals surface area contributed by atoms with Crippen molar-refractivity contribution in [3.63, 3.8) is 0 Å². The maximum Gasteiger partial charge on any atom is 0.236 e. The number of carbonyl (C=O) groups is 1. The van der Waals surface area contributed by atoms with Crippen LogP contribution in [0, 0.1) is 0 Å². The predicted molar refractivity (Wildman–Crippen MR) is 80.3 cm³/mol. The molecule has 1 heterocycles.